The topological polar surface area (TPSA) is 80.5 Å². The van der Waals surface area contributed by atoms with Gasteiger partial charge in [-0.1, -0.05) is 39.1 Å². The molecule has 0 bridgehead atoms. The van der Waals surface area contributed by atoms with Crippen molar-refractivity contribution in [2.45, 2.75) is 11.7 Å². The SMILES string of the molecule is NS(=O)(=O)C1CC(=O)N(c2c(Cl)cc(Br)cc2Cl)C1. The third-order valence-electron chi connectivity index (χ3n) is 2.81. The van der Waals surface area contributed by atoms with E-state index >= 15 is 0 Å². The van der Waals surface area contributed by atoms with Crippen LogP contribution < -0.4 is 10.0 Å². The fourth-order valence-corrected chi connectivity index (χ4v) is 4.05. The van der Waals surface area contributed by atoms with Crippen LogP contribution in [0.4, 0.5) is 5.69 Å². The average molecular weight is 388 g/mol. The summed E-state index contributed by atoms with van der Waals surface area (Å²) >= 11 is 15.3. The predicted octanol–water partition coefficient (Wildman–Crippen LogP) is 2.15. The molecule has 5 nitrogen and oxygen atoms in total. The monoisotopic (exact) mass is 386 g/mol. The molecule has 2 rings (SSSR count). The number of amides is 1. The first kappa shape index (κ1) is 15.1. The van der Waals surface area contributed by atoms with E-state index in [2.05, 4.69) is 15.9 Å². The van der Waals surface area contributed by atoms with Gasteiger partial charge < -0.3 is 4.90 Å². The first-order chi connectivity index (χ1) is 8.70. The second kappa shape index (κ2) is 5.21. The molecule has 1 atom stereocenters. The predicted molar refractivity (Wildman–Crippen MR) is 78.0 cm³/mol. The van der Waals surface area contributed by atoms with Crippen LogP contribution in [0, 0.1) is 0 Å². The Kier molecular flexibility index (Phi) is 4.13. The summed E-state index contributed by atoms with van der Waals surface area (Å²) in [6.07, 6.45) is -0.165. The summed E-state index contributed by atoms with van der Waals surface area (Å²) in [6.45, 7) is -0.0429. The van der Waals surface area contributed by atoms with Gasteiger partial charge in [0.1, 0.15) is 5.25 Å². The lowest BCUT2D eigenvalue weighted by atomic mass is 10.3. The maximum absolute atomic E-state index is 11.9. The molecule has 0 aromatic heterocycles. The van der Waals surface area contributed by atoms with Crippen molar-refractivity contribution in [3.63, 3.8) is 0 Å². The summed E-state index contributed by atoms with van der Waals surface area (Å²) in [4.78, 5) is 13.2. The van der Waals surface area contributed by atoms with Gasteiger partial charge in [0, 0.05) is 17.4 Å². The van der Waals surface area contributed by atoms with Gasteiger partial charge in [0.25, 0.3) is 0 Å². The number of sulfonamides is 1. The Bertz CT molecular complexity index is 627. The van der Waals surface area contributed by atoms with Gasteiger partial charge in [-0.25, -0.2) is 13.6 Å². The van der Waals surface area contributed by atoms with Crippen LogP contribution in [0.25, 0.3) is 0 Å². The number of halogens is 3. The van der Waals surface area contributed by atoms with Gasteiger partial charge in [0.2, 0.25) is 15.9 Å². The van der Waals surface area contributed by atoms with Gasteiger partial charge in [0.05, 0.1) is 15.7 Å². The molecular formula is C10H9BrCl2N2O3S. The minimum Gasteiger partial charge on any atom is -0.308 e. The molecule has 0 saturated carbocycles. The fraction of sp³-hybridized carbons (Fsp3) is 0.300. The van der Waals surface area contributed by atoms with E-state index in [1.54, 1.807) is 12.1 Å². The molecule has 1 aromatic rings. The van der Waals surface area contributed by atoms with Crippen LogP contribution in [0.2, 0.25) is 10.0 Å². The quantitative estimate of drug-likeness (QED) is 0.844. The Hall–Kier alpha value is -0.340. The van der Waals surface area contributed by atoms with Crippen LogP contribution in [-0.2, 0) is 14.8 Å². The Morgan fingerprint density at radius 2 is 1.84 bits per heavy atom. The molecule has 2 N–H and O–H groups in total. The Morgan fingerprint density at radius 3 is 2.26 bits per heavy atom. The van der Waals surface area contributed by atoms with E-state index in [0.717, 1.165) is 0 Å². The molecule has 1 aromatic carbocycles. The zero-order chi connectivity index (χ0) is 14.4. The van der Waals surface area contributed by atoms with Crippen LogP contribution in [0.1, 0.15) is 6.42 Å². The molecule has 9 heteroatoms. The summed E-state index contributed by atoms with van der Waals surface area (Å²) < 4.78 is 23.3. The number of hydrogen-bond donors (Lipinski definition) is 1. The van der Waals surface area contributed by atoms with Gasteiger partial charge in [-0.3, -0.25) is 4.79 Å². The van der Waals surface area contributed by atoms with Crippen LogP contribution in [-0.4, -0.2) is 26.1 Å². The van der Waals surface area contributed by atoms with Crippen molar-refractivity contribution < 1.29 is 13.2 Å². The summed E-state index contributed by atoms with van der Waals surface area (Å²) in [7, 11) is -3.77. The summed E-state index contributed by atoms with van der Waals surface area (Å²) in [5, 5.41) is 4.66. The highest BCUT2D eigenvalue weighted by atomic mass is 79.9. The van der Waals surface area contributed by atoms with Gasteiger partial charge >= 0.3 is 0 Å². The number of nitrogens with zero attached hydrogens (tertiary/aromatic N) is 1. The fourth-order valence-electron chi connectivity index (χ4n) is 1.90. The maximum Gasteiger partial charge on any atom is 0.228 e. The summed E-state index contributed by atoms with van der Waals surface area (Å²) in [6, 6.07) is 3.17. The Labute approximate surface area is 128 Å². The standard InChI is InChI=1S/C10H9BrCl2N2O3S/c11-5-1-7(12)10(8(13)2-5)15-4-6(3-9(15)16)19(14,17)18/h1-2,6H,3-4H2,(H2,14,17,18). The highest BCUT2D eigenvalue weighted by Crippen LogP contribution is 2.39. The molecule has 1 unspecified atom stereocenters. The molecule has 0 spiro atoms. The second-order valence-electron chi connectivity index (χ2n) is 4.14. The average Bonchev–Trinajstić information content (AvgIpc) is 2.59. The van der Waals surface area contributed by atoms with Crippen LogP contribution in [0.5, 0.6) is 0 Å². The number of benzene rings is 1. The molecule has 1 heterocycles. The molecule has 1 amide bonds. The van der Waals surface area contributed by atoms with E-state index in [0.29, 0.717) is 10.2 Å². The third-order valence-corrected chi connectivity index (χ3v) is 5.08. The number of nitrogens with two attached hydrogens (primary N) is 1. The lowest BCUT2D eigenvalue weighted by Crippen LogP contribution is -2.32. The molecule has 0 radical (unpaired) electrons. The number of anilines is 1. The number of carbonyl (C=O) groups is 1. The molecule has 1 fully saturated rings. The lowest BCUT2D eigenvalue weighted by Gasteiger charge is -2.19. The van der Waals surface area contributed by atoms with Crippen molar-refractivity contribution in [2.75, 3.05) is 11.4 Å². The van der Waals surface area contributed by atoms with E-state index in [-0.39, 0.29) is 28.9 Å². The minimum absolute atomic E-state index is 0.0429. The Morgan fingerprint density at radius 1 is 1.32 bits per heavy atom. The number of hydrogen-bond acceptors (Lipinski definition) is 3. The Balaban J connectivity index is 2.42. The minimum atomic E-state index is -3.77. The van der Waals surface area contributed by atoms with Crippen LogP contribution in [0.15, 0.2) is 16.6 Å². The lowest BCUT2D eigenvalue weighted by molar-refractivity contribution is -0.117. The highest BCUT2D eigenvalue weighted by Gasteiger charge is 2.38. The second-order valence-corrected chi connectivity index (χ2v) is 7.71. The molecule has 104 valence electrons. The molecule has 1 aliphatic rings. The van der Waals surface area contributed by atoms with Crippen molar-refractivity contribution in [1.82, 2.24) is 0 Å². The van der Waals surface area contributed by atoms with Crippen molar-refractivity contribution in [1.29, 1.82) is 0 Å². The first-order valence-corrected chi connectivity index (χ1v) is 8.32. The molecular weight excluding hydrogens is 379 g/mol. The smallest absolute Gasteiger partial charge is 0.228 e. The molecule has 0 aliphatic carbocycles. The van der Waals surface area contributed by atoms with Crippen LogP contribution >= 0.6 is 39.1 Å². The zero-order valence-electron chi connectivity index (χ0n) is 9.44. The zero-order valence-corrected chi connectivity index (χ0v) is 13.4. The molecule has 1 saturated heterocycles. The van der Waals surface area contributed by atoms with E-state index in [9.17, 15) is 13.2 Å². The third kappa shape index (κ3) is 3.05. The number of carbonyl (C=O) groups excluding carboxylic acids is 1. The van der Waals surface area contributed by atoms with Crippen molar-refractivity contribution in [2.24, 2.45) is 5.14 Å². The van der Waals surface area contributed by atoms with E-state index < -0.39 is 15.3 Å². The van der Waals surface area contributed by atoms with E-state index in [4.69, 9.17) is 28.3 Å². The summed E-state index contributed by atoms with van der Waals surface area (Å²) in [5.74, 6) is -0.370. The largest absolute Gasteiger partial charge is 0.308 e. The molecule has 19 heavy (non-hydrogen) atoms. The normalized spacial score (nSPS) is 20.1. The van der Waals surface area contributed by atoms with Crippen molar-refractivity contribution in [3.8, 4) is 0 Å². The van der Waals surface area contributed by atoms with Gasteiger partial charge in [-0.15, -0.1) is 0 Å². The van der Waals surface area contributed by atoms with Crippen LogP contribution in [0.3, 0.4) is 0 Å². The van der Waals surface area contributed by atoms with Gasteiger partial charge in [-0.2, -0.15) is 0 Å². The van der Waals surface area contributed by atoms with Gasteiger partial charge in [-0.05, 0) is 12.1 Å². The van der Waals surface area contributed by atoms with Crippen molar-refractivity contribution in [3.05, 3.63) is 26.7 Å². The summed E-state index contributed by atoms with van der Waals surface area (Å²) in [5.41, 5.74) is 0.308. The molecule has 1 aliphatic heterocycles. The maximum atomic E-state index is 11.9. The van der Waals surface area contributed by atoms with E-state index in [1.807, 2.05) is 0 Å². The number of primary sulfonamides is 1. The number of rotatable bonds is 2. The van der Waals surface area contributed by atoms with Crippen molar-refractivity contribution >= 4 is 60.7 Å². The van der Waals surface area contributed by atoms with Gasteiger partial charge in [0.15, 0.2) is 0 Å². The first-order valence-electron chi connectivity index (χ1n) is 5.16. The highest BCUT2D eigenvalue weighted by molar-refractivity contribution is 9.10. The van der Waals surface area contributed by atoms with E-state index in [1.165, 1.54) is 4.90 Å².